The zero-order valence-corrected chi connectivity index (χ0v) is 10.7. The van der Waals surface area contributed by atoms with Crippen LogP contribution in [0.2, 0.25) is 5.15 Å². The molecule has 0 amide bonds. The number of nitrogens with zero attached hydrogens (tertiary/aromatic N) is 2. The number of hydrogen-bond donors (Lipinski definition) is 1. The first-order valence-electron chi connectivity index (χ1n) is 6.40. The van der Waals surface area contributed by atoms with E-state index in [-0.39, 0.29) is 0 Å². The number of anilines is 1. The predicted octanol–water partition coefficient (Wildman–Crippen LogP) is 2.17. The fraction of sp³-hybridized carbons (Fsp3) is 0.615. The van der Waals surface area contributed by atoms with Crippen molar-refractivity contribution in [1.29, 1.82) is 0 Å². The van der Waals surface area contributed by atoms with Crippen molar-refractivity contribution >= 4 is 17.3 Å². The van der Waals surface area contributed by atoms with Crippen LogP contribution < -0.4 is 10.2 Å². The second kappa shape index (κ2) is 4.83. The van der Waals surface area contributed by atoms with Crippen LogP contribution in [0.25, 0.3) is 0 Å². The molecule has 1 aromatic rings. The smallest absolute Gasteiger partial charge is 0.129 e. The molecule has 3 rings (SSSR count). The van der Waals surface area contributed by atoms with Crippen LogP contribution in [0.4, 0.5) is 5.69 Å². The van der Waals surface area contributed by atoms with Crippen LogP contribution >= 0.6 is 11.6 Å². The molecule has 0 unspecified atom stereocenters. The Morgan fingerprint density at radius 2 is 2.24 bits per heavy atom. The first-order chi connectivity index (χ1) is 8.33. The van der Waals surface area contributed by atoms with Crippen LogP contribution in [-0.4, -0.2) is 31.2 Å². The summed E-state index contributed by atoms with van der Waals surface area (Å²) < 4.78 is 0. The number of aromatic nitrogens is 1. The molecule has 0 saturated carbocycles. The van der Waals surface area contributed by atoms with Crippen molar-refractivity contribution in [3.8, 4) is 0 Å². The Morgan fingerprint density at radius 1 is 1.29 bits per heavy atom. The van der Waals surface area contributed by atoms with Crippen molar-refractivity contribution in [1.82, 2.24) is 10.3 Å². The molecule has 1 N–H and O–H groups in total. The van der Waals surface area contributed by atoms with Crippen LogP contribution in [-0.2, 0) is 0 Å². The van der Waals surface area contributed by atoms with E-state index in [0.29, 0.717) is 5.15 Å². The largest absolute Gasteiger partial charge is 0.370 e. The second-order valence-electron chi connectivity index (χ2n) is 5.09. The summed E-state index contributed by atoms with van der Waals surface area (Å²) in [6.45, 7) is 4.70. The Balaban J connectivity index is 1.71. The summed E-state index contributed by atoms with van der Waals surface area (Å²) in [6.07, 6.45) is 4.49. The van der Waals surface area contributed by atoms with Gasteiger partial charge in [0.2, 0.25) is 0 Å². The Morgan fingerprint density at radius 3 is 3.06 bits per heavy atom. The van der Waals surface area contributed by atoms with Crippen LogP contribution in [0.1, 0.15) is 12.8 Å². The number of nitrogens with one attached hydrogen (secondary N) is 1. The van der Waals surface area contributed by atoms with Gasteiger partial charge in [-0.3, -0.25) is 0 Å². The molecule has 0 spiro atoms. The highest BCUT2D eigenvalue weighted by Gasteiger charge is 2.31. The maximum atomic E-state index is 5.82. The lowest BCUT2D eigenvalue weighted by molar-refractivity contribution is 0.218. The number of hydrogen-bond acceptors (Lipinski definition) is 3. The molecular formula is C13H18ClN3. The number of fused-ring (bicyclic) bond motifs is 1. The molecule has 1 aromatic heterocycles. The van der Waals surface area contributed by atoms with Gasteiger partial charge >= 0.3 is 0 Å². The van der Waals surface area contributed by atoms with E-state index < -0.39 is 0 Å². The van der Waals surface area contributed by atoms with E-state index in [1.807, 2.05) is 12.3 Å². The first kappa shape index (κ1) is 11.3. The number of halogens is 1. The zero-order valence-electron chi connectivity index (χ0n) is 9.90. The quantitative estimate of drug-likeness (QED) is 0.776. The third-order valence-corrected chi connectivity index (χ3v) is 4.29. The molecule has 17 heavy (non-hydrogen) atoms. The zero-order chi connectivity index (χ0) is 11.7. The number of pyridine rings is 1. The third-order valence-electron chi connectivity index (χ3n) is 4.07. The molecule has 0 bridgehead atoms. The van der Waals surface area contributed by atoms with E-state index in [1.165, 1.54) is 38.2 Å². The Labute approximate surface area is 107 Å². The fourth-order valence-corrected chi connectivity index (χ4v) is 3.15. The second-order valence-corrected chi connectivity index (χ2v) is 5.47. The van der Waals surface area contributed by atoms with Gasteiger partial charge in [0, 0.05) is 13.1 Å². The van der Waals surface area contributed by atoms with E-state index in [0.717, 1.165) is 18.4 Å². The summed E-state index contributed by atoms with van der Waals surface area (Å²) >= 11 is 5.82. The van der Waals surface area contributed by atoms with E-state index >= 15 is 0 Å². The molecule has 3 heterocycles. The minimum atomic E-state index is 0.575. The average molecular weight is 252 g/mol. The standard InChI is InChI=1S/C13H18ClN3/c14-13-2-1-12(8-16-13)17-6-4-10-7-15-5-3-11(10)9-17/h1-2,8,10-11,15H,3-7,9H2/t10-,11-/m1/s1. The Hall–Kier alpha value is -0.800. The molecular weight excluding hydrogens is 234 g/mol. The lowest BCUT2D eigenvalue weighted by Crippen LogP contribution is -2.48. The Kier molecular flexibility index (Phi) is 3.21. The Bertz CT molecular complexity index is 379. The molecule has 2 fully saturated rings. The molecule has 92 valence electrons. The molecule has 3 nitrogen and oxygen atoms in total. The van der Waals surface area contributed by atoms with Crippen molar-refractivity contribution in [2.45, 2.75) is 12.8 Å². The van der Waals surface area contributed by atoms with Crippen molar-refractivity contribution in [2.24, 2.45) is 11.8 Å². The summed E-state index contributed by atoms with van der Waals surface area (Å²) in [5, 5.41) is 4.07. The van der Waals surface area contributed by atoms with Gasteiger partial charge in [0.1, 0.15) is 5.15 Å². The molecule has 0 aliphatic carbocycles. The van der Waals surface area contributed by atoms with E-state index in [9.17, 15) is 0 Å². The first-order valence-corrected chi connectivity index (χ1v) is 6.78. The van der Waals surface area contributed by atoms with Crippen molar-refractivity contribution in [2.75, 3.05) is 31.1 Å². The highest BCUT2D eigenvalue weighted by Crippen LogP contribution is 2.30. The minimum absolute atomic E-state index is 0.575. The van der Waals surface area contributed by atoms with Gasteiger partial charge in [-0.05, 0) is 49.9 Å². The van der Waals surface area contributed by atoms with Crippen LogP contribution in [0, 0.1) is 11.8 Å². The summed E-state index contributed by atoms with van der Waals surface area (Å²) in [4.78, 5) is 6.62. The van der Waals surface area contributed by atoms with Gasteiger partial charge in [-0.25, -0.2) is 4.98 Å². The molecule has 2 aliphatic heterocycles. The molecule has 2 atom stereocenters. The third kappa shape index (κ3) is 2.40. The van der Waals surface area contributed by atoms with Crippen LogP contribution in [0.5, 0.6) is 0 Å². The maximum Gasteiger partial charge on any atom is 0.129 e. The van der Waals surface area contributed by atoms with Gasteiger partial charge in [0.15, 0.2) is 0 Å². The van der Waals surface area contributed by atoms with Gasteiger partial charge in [0.05, 0.1) is 11.9 Å². The summed E-state index contributed by atoms with van der Waals surface area (Å²) in [7, 11) is 0. The maximum absolute atomic E-state index is 5.82. The van der Waals surface area contributed by atoms with Gasteiger partial charge in [-0.15, -0.1) is 0 Å². The summed E-state index contributed by atoms with van der Waals surface area (Å²) in [6, 6.07) is 3.96. The van der Waals surface area contributed by atoms with E-state index in [2.05, 4.69) is 21.3 Å². The van der Waals surface area contributed by atoms with Crippen LogP contribution in [0.15, 0.2) is 18.3 Å². The molecule has 2 aliphatic rings. The molecule has 4 heteroatoms. The van der Waals surface area contributed by atoms with Gasteiger partial charge in [-0.1, -0.05) is 11.6 Å². The molecule has 2 saturated heterocycles. The monoisotopic (exact) mass is 251 g/mol. The lowest BCUT2D eigenvalue weighted by atomic mass is 9.81. The highest BCUT2D eigenvalue weighted by atomic mass is 35.5. The molecule has 0 aromatic carbocycles. The van der Waals surface area contributed by atoms with Gasteiger partial charge in [0.25, 0.3) is 0 Å². The SMILES string of the molecule is Clc1ccc(N2CC[C@@H]3CNCC[C@@H]3C2)cn1. The highest BCUT2D eigenvalue weighted by molar-refractivity contribution is 6.29. The topological polar surface area (TPSA) is 28.2 Å². The summed E-state index contributed by atoms with van der Waals surface area (Å²) in [5.74, 6) is 1.72. The van der Waals surface area contributed by atoms with Crippen molar-refractivity contribution in [3.63, 3.8) is 0 Å². The number of rotatable bonds is 1. The normalized spacial score (nSPS) is 28.9. The average Bonchev–Trinajstić information content (AvgIpc) is 2.39. The van der Waals surface area contributed by atoms with Gasteiger partial charge in [-0.2, -0.15) is 0 Å². The number of piperidine rings is 2. The fourth-order valence-electron chi connectivity index (χ4n) is 3.04. The molecule has 0 radical (unpaired) electrons. The van der Waals surface area contributed by atoms with Crippen molar-refractivity contribution in [3.05, 3.63) is 23.5 Å². The summed E-state index contributed by atoms with van der Waals surface area (Å²) in [5.41, 5.74) is 1.21. The van der Waals surface area contributed by atoms with E-state index in [4.69, 9.17) is 11.6 Å². The predicted molar refractivity (Wildman–Crippen MR) is 70.5 cm³/mol. The minimum Gasteiger partial charge on any atom is -0.370 e. The lowest BCUT2D eigenvalue weighted by Gasteiger charge is -2.42. The van der Waals surface area contributed by atoms with Crippen LogP contribution in [0.3, 0.4) is 0 Å². The van der Waals surface area contributed by atoms with E-state index in [1.54, 1.807) is 0 Å². The van der Waals surface area contributed by atoms with Gasteiger partial charge < -0.3 is 10.2 Å². The van der Waals surface area contributed by atoms with Crippen molar-refractivity contribution < 1.29 is 0 Å².